The van der Waals surface area contributed by atoms with Crippen molar-refractivity contribution in [1.29, 1.82) is 0 Å². The lowest BCUT2D eigenvalue weighted by Crippen LogP contribution is -2.39. The first-order chi connectivity index (χ1) is 9.60. The molecule has 2 unspecified atom stereocenters. The van der Waals surface area contributed by atoms with E-state index in [0.29, 0.717) is 12.6 Å². The standard InChI is InChI=1S/C15H25N5/c1-5-16-15(19-13-8-11(13)2)18-10-12-6-7-17-14(9-12)20(3)4/h6-7,9,11,13H,5,8,10H2,1-4H3,(H2,16,18,19). The van der Waals surface area contributed by atoms with Crippen molar-refractivity contribution >= 4 is 11.8 Å². The first-order valence-electron chi connectivity index (χ1n) is 7.27. The van der Waals surface area contributed by atoms with Gasteiger partial charge in [0.25, 0.3) is 0 Å². The molecule has 5 nitrogen and oxygen atoms in total. The normalized spacial score (nSPS) is 21.5. The van der Waals surface area contributed by atoms with E-state index in [4.69, 9.17) is 0 Å². The van der Waals surface area contributed by atoms with Crippen LogP contribution in [-0.4, -0.2) is 37.6 Å². The molecule has 1 aliphatic rings. The van der Waals surface area contributed by atoms with Gasteiger partial charge in [0.2, 0.25) is 0 Å². The smallest absolute Gasteiger partial charge is 0.191 e. The lowest BCUT2D eigenvalue weighted by molar-refractivity contribution is 0.766. The highest BCUT2D eigenvalue weighted by Gasteiger charge is 2.33. The van der Waals surface area contributed by atoms with Gasteiger partial charge in [0.15, 0.2) is 5.96 Å². The van der Waals surface area contributed by atoms with Crippen LogP contribution in [0.25, 0.3) is 0 Å². The minimum Gasteiger partial charge on any atom is -0.363 e. The Morgan fingerprint density at radius 2 is 2.25 bits per heavy atom. The number of pyridine rings is 1. The second kappa shape index (κ2) is 6.59. The fourth-order valence-corrected chi connectivity index (χ4v) is 1.99. The summed E-state index contributed by atoms with van der Waals surface area (Å²) in [5.41, 5.74) is 1.17. The number of aromatic nitrogens is 1. The van der Waals surface area contributed by atoms with Crippen molar-refractivity contribution in [2.75, 3.05) is 25.5 Å². The summed E-state index contributed by atoms with van der Waals surface area (Å²) in [5.74, 6) is 2.64. The van der Waals surface area contributed by atoms with Crippen LogP contribution in [0.1, 0.15) is 25.8 Å². The van der Waals surface area contributed by atoms with Crippen molar-refractivity contribution in [2.24, 2.45) is 10.9 Å². The average Bonchev–Trinajstić information content (AvgIpc) is 3.12. The minimum absolute atomic E-state index is 0.586. The summed E-state index contributed by atoms with van der Waals surface area (Å²) in [6, 6.07) is 4.68. The van der Waals surface area contributed by atoms with E-state index in [1.165, 1.54) is 12.0 Å². The zero-order chi connectivity index (χ0) is 14.5. The summed E-state index contributed by atoms with van der Waals surface area (Å²) in [7, 11) is 3.99. The fourth-order valence-electron chi connectivity index (χ4n) is 1.99. The van der Waals surface area contributed by atoms with Crippen LogP contribution in [0.2, 0.25) is 0 Å². The maximum absolute atomic E-state index is 4.65. The van der Waals surface area contributed by atoms with Crippen molar-refractivity contribution in [3.05, 3.63) is 23.9 Å². The second-order valence-corrected chi connectivity index (χ2v) is 5.58. The van der Waals surface area contributed by atoms with E-state index < -0.39 is 0 Å². The molecule has 0 aromatic carbocycles. The minimum atomic E-state index is 0.586. The number of rotatable bonds is 5. The molecule has 1 aromatic rings. The Morgan fingerprint density at radius 3 is 2.85 bits per heavy atom. The summed E-state index contributed by atoms with van der Waals surface area (Å²) in [5, 5.41) is 6.76. The highest BCUT2D eigenvalue weighted by Crippen LogP contribution is 2.28. The molecule has 0 spiro atoms. The number of hydrogen-bond acceptors (Lipinski definition) is 3. The molecule has 1 aromatic heterocycles. The molecule has 2 N–H and O–H groups in total. The molecule has 0 amide bonds. The highest BCUT2D eigenvalue weighted by atomic mass is 15.2. The van der Waals surface area contributed by atoms with Gasteiger partial charge < -0.3 is 15.5 Å². The molecular formula is C15H25N5. The Kier molecular flexibility index (Phi) is 4.82. The zero-order valence-electron chi connectivity index (χ0n) is 12.8. The number of aliphatic imine (C=N–C) groups is 1. The van der Waals surface area contributed by atoms with E-state index >= 15 is 0 Å². The number of guanidine groups is 1. The summed E-state index contributed by atoms with van der Waals surface area (Å²) in [6.07, 6.45) is 3.08. The summed E-state index contributed by atoms with van der Waals surface area (Å²) >= 11 is 0. The molecule has 0 saturated heterocycles. The van der Waals surface area contributed by atoms with E-state index in [2.05, 4.69) is 40.5 Å². The van der Waals surface area contributed by atoms with Crippen molar-refractivity contribution in [2.45, 2.75) is 32.9 Å². The van der Waals surface area contributed by atoms with Gasteiger partial charge in [-0.3, -0.25) is 0 Å². The van der Waals surface area contributed by atoms with E-state index in [1.54, 1.807) is 0 Å². The van der Waals surface area contributed by atoms with Gasteiger partial charge in [-0.15, -0.1) is 0 Å². The SMILES string of the molecule is CCNC(=NCc1ccnc(N(C)C)c1)NC1CC1C. The summed E-state index contributed by atoms with van der Waals surface area (Å²) in [6.45, 7) is 5.89. The molecule has 0 radical (unpaired) electrons. The Morgan fingerprint density at radius 1 is 1.50 bits per heavy atom. The Labute approximate surface area is 121 Å². The Hall–Kier alpha value is -1.78. The van der Waals surface area contributed by atoms with Gasteiger partial charge in [0.05, 0.1) is 6.54 Å². The van der Waals surface area contributed by atoms with E-state index in [0.717, 1.165) is 24.2 Å². The number of nitrogens with zero attached hydrogens (tertiary/aromatic N) is 3. The molecule has 1 heterocycles. The molecule has 5 heteroatoms. The third kappa shape index (κ3) is 4.11. The molecule has 20 heavy (non-hydrogen) atoms. The quantitative estimate of drug-likeness (QED) is 0.633. The lowest BCUT2D eigenvalue weighted by atomic mass is 10.2. The van der Waals surface area contributed by atoms with Crippen LogP contribution in [0, 0.1) is 5.92 Å². The molecule has 1 fully saturated rings. The monoisotopic (exact) mass is 275 g/mol. The van der Waals surface area contributed by atoms with Gasteiger partial charge in [-0.1, -0.05) is 6.92 Å². The fraction of sp³-hybridized carbons (Fsp3) is 0.600. The molecule has 2 rings (SSSR count). The third-order valence-corrected chi connectivity index (χ3v) is 3.46. The van der Waals surface area contributed by atoms with Crippen molar-refractivity contribution < 1.29 is 0 Å². The molecule has 110 valence electrons. The molecule has 0 bridgehead atoms. The van der Waals surface area contributed by atoms with Gasteiger partial charge in [0.1, 0.15) is 5.82 Å². The highest BCUT2D eigenvalue weighted by molar-refractivity contribution is 5.80. The maximum atomic E-state index is 4.65. The van der Waals surface area contributed by atoms with Crippen LogP contribution >= 0.6 is 0 Å². The molecule has 2 atom stereocenters. The van der Waals surface area contributed by atoms with Crippen LogP contribution in [0.15, 0.2) is 23.3 Å². The first-order valence-corrected chi connectivity index (χ1v) is 7.27. The number of hydrogen-bond donors (Lipinski definition) is 2. The molecule has 1 saturated carbocycles. The van der Waals surface area contributed by atoms with Crippen molar-refractivity contribution in [1.82, 2.24) is 15.6 Å². The first kappa shape index (κ1) is 14.6. The van der Waals surface area contributed by atoms with Gasteiger partial charge in [-0.25, -0.2) is 9.98 Å². The van der Waals surface area contributed by atoms with E-state index in [9.17, 15) is 0 Å². The van der Waals surface area contributed by atoms with Gasteiger partial charge in [-0.2, -0.15) is 0 Å². The van der Waals surface area contributed by atoms with Crippen LogP contribution in [0.4, 0.5) is 5.82 Å². The largest absolute Gasteiger partial charge is 0.363 e. The van der Waals surface area contributed by atoms with Crippen molar-refractivity contribution in [3.8, 4) is 0 Å². The van der Waals surface area contributed by atoms with Gasteiger partial charge in [-0.05, 0) is 37.0 Å². The van der Waals surface area contributed by atoms with Crippen molar-refractivity contribution in [3.63, 3.8) is 0 Å². The number of anilines is 1. The molecular weight excluding hydrogens is 250 g/mol. The van der Waals surface area contributed by atoms with E-state index in [1.807, 2.05) is 31.3 Å². The zero-order valence-corrected chi connectivity index (χ0v) is 12.8. The van der Waals surface area contributed by atoms with Crippen LogP contribution < -0.4 is 15.5 Å². The topological polar surface area (TPSA) is 52.6 Å². The van der Waals surface area contributed by atoms with Crippen LogP contribution in [0.5, 0.6) is 0 Å². The Balaban J connectivity index is 1.98. The van der Waals surface area contributed by atoms with Crippen LogP contribution in [0.3, 0.4) is 0 Å². The van der Waals surface area contributed by atoms with Crippen LogP contribution in [-0.2, 0) is 6.54 Å². The van der Waals surface area contributed by atoms with Gasteiger partial charge >= 0.3 is 0 Å². The predicted octanol–water partition coefficient (Wildman–Crippen LogP) is 1.61. The Bertz CT molecular complexity index is 469. The molecule has 0 aliphatic heterocycles. The van der Waals surface area contributed by atoms with E-state index in [-0.39, 0.29) is 0 Å². The summed E-state index contributed by atoms with van der Waals surface area (Å²) in [4.78, 5) is 11.0. The van der Waals surface area contributed by atoms with Gasteiger partial charge in [0, 0.05) is 32.9 Å². The molecule has 1 aliphatic carbocycles. The second-order valence-electron chi connectivity index (χ2n) is 5.58. The summed E-state index contributed by atoms with van der Waals surface area (Å²) < 4.78 is 0. The maximum Gasteiger partial charge on any atom is 0.191 e. The third-order valence-electron chi connectivity index (χ3n) is 3.46. The lowest BCUT2D eigenvalue weighted by Gasteiger charge is -2.13. The number of nitrogens with one attached hydrogen (secondary N) is 2. The average molecular weight is 275 g/mol. The predicted molar refractivity (Wildman–Crippen MR) is 84.1 cm³/mol.